The second kappa shape index (κ2) is 5.84. The summed E-state index contributed by atoms with van der Waals surface area (Å²) in [6.45, 7) is 4.32. The fourth-order valence-corrected chi connectivity index (χ4v) is 2.42. The molecular weight excluding hydrogens is 260 g/mol. The zero-order chi connectivity index (χ0) is 13.8. The Morgan fingerprint density at radius 2 is 2.26 bits per heavy atom. The van der Waals surface area contributed by atoms with Crippen LogP contribution in [0.4, 0.5) is 0 Å². The summed E-state index contributed by atoms with van der Waals surface area (Å²) in [7, 11) is 1.75. The van der Waals surface area contributed by atoms with Crippen molar-refractivity contribution in [2.75, 3.05) is 7.05 Å². The van der Waals surface area contributed by atoms with Crippen molar-refractivity contribution in [2.24, 2.45) is 0 Å². The van der Waals surface area contributed by atoms with Crippen LogP contribution in [0.3, 0.4) is 0 Å². The minimum atomic E-state index is -0.0493. The van der Waals surface area contributed by atoms with E-state index in [0.717, 1.165) is 16.3 Å². The van der Waals surface area contributed by atoms with E-state index >= 15 is 0 Å². The third-order valence-electron chi connectivity index (χ3n) is 2.60. The molecule has 2 rings (SSSR count). The van der Waals surface area contributed by atoms with Crippen LogP contribution in [0.1, 0.15) is 21.2 Å². The Bertz CT molecular complexity index is 598. The van der Waals surface area contributed by atoms with Crippen molar-refractivity contribution in [1.29, 1.82) is 0 Å². The molecule has 0 atom stereocenters. The monoisotopic (exact) mass is 276 g/mol. The fraction of sp³-hybridized carbons (Fsp3) is 0.286. The highest BCUT2D eigenvalue weighted by Gasteiger charge is 2.08. The van der Waals surface area contributed by atoms with Crippen molar-refractivity contribution in [3.63, 3.8) is 0 Å². The van der Waals surface area contributed by atoms with Crippen LogP contribution >= 0.6 is 11.3 Å². The highest BCUT2D eigenvalue weighted by molar-refractivity contribution is 7.12. The van der Waals surface area contributed by atoms with Crippen LogP contribution in [0.25, 0.3) is 6.08 Å². The summed E-state index contributed by atoms with van der Waals surface area (Å²) in [6, 6.07) is 5.87. The summed E-state index contributed by atoms with van der Waals surface area (Å²) in [6.07, 6.45) is 3.42. The molecule has 0 N–H and O–H groups in total. The largest absolute Gasteiger partial charge is 0.361 e. The molecule has 0 fully saturated rings. The molecule has 2 heterocycles. The second-order valence-electron chi connectivity index (χ2n) is 4.40. The first kappa shape index (κ1) is 13.5. The first-order chi connectivity index (χ1) is 9.04. The van der Waals surface area contributed by atoms with Gasteiger partial charge in [0.2, 0.25) is 5.91 Å². The SMILES string of the molecule is Cc1cc(CN(C)C(=O)/C=C/c2ccc(C)s2)no1. The van der Waals surface area contributed by atoms with Crippen LogP contribution in [0.2, 0.25) is 0 Å². The van der Waals surface area contributed by atoms with Gasteiger partial charge in [-0.15, -0.1) is 11.3 Å². The van der Waals surface area contributed by atoms with Crippen molar-refractivity contribution in [2.45, 2.75) is 20.4 Å². The number of nitrogens with zero attached hydrogens (tertiary/aromatic N) is 2. The number of aryl methyl sites for hydroxylation is 2. The van der Waals surface area contributed by atoms with Gasteiger partial charge in [0.05, 0.1) is 6.54 Å². The summed E-state index contributed by atoms with van der Waals surface area (Å²) in [5.41, 5.74) is 0.758. The van der Waals surface area contributed by atoms with E-state index in [-0.39, 0.29) is 5.91 Å². The standard InChI is InChI=1S/C14H16N2O2S/c1-10-8-12(15-18-10)9-16(3)14(17)7-6-13-5-4-11(2)19-13/h4-8H,9H2,1-3H3/b7-6+. The summed E-state index contributed by atoms with van der Waals surface area (Å²) < 4.78 is 4.97. The predicted octanol–water partition coefficient (Wildman–Crippen LogP) is 3.02. The second-order valence-corrected chi connectivity index (χ2v) is 5.72. The van der Waals surface area contributed by atoms with Gasteiger partial charge in [0.1, 0.15) is 11.5 Å². The van der Waals surface area contributed by atoms with E-state index in [0.29, 0.717) is 6.54 Å². The van der Waals surface area contributed by atoms with Crippen LogP contribution in [-0.2, 0) is 11.3 Å². The van der Waals surface area contributed by atoms with Gasteiger partial charge in [-0.1, -0.05) is 5.16 Å². The molecule has 1 amide bonds. The molecule has 19 heavy (non-hydrogen) atoms. The van der Waals surface area contributed by atoms with E-state index in [1.54, 1.807) is 29.4 Å². The number of carbonyl (C=O) groups excluding carboxylic acids is 1. The molecule has 0 aliphatic heterocycles. The van der Waals surface area contributed by atoms with Crippen molar-refractivity contribution < 1.29 is 9.32 Å². The van der Waals surface area contributed by atoms with Crippen LogP contribution in [-0.4, -0.2) is 23.0 Å². The summed E-state index contributed by atoms with van der Waals surface area (Å²) >= 11 is 1.66. The van der Waals surface area contributed by atoms with Gasteiger partial charge >= 0.3 is 0 Å². The Hall–Kier alpha value is -1.88. The lowest BCUT2D eigenvalue weighted by Gasteiger charge is -2.12. The maximum absolute atomic E-state index is 11.9. The number of likely N-dealkylation sites (N-methyl/N-ethyl adjacent to an activating group) is 1. The Morgan fingerprint density at radius 3 is 2.84 bits per heavy atom. The van der Waals surface area contributed by atoms with Gasteiger partial charge in [-0.2, -0.15) is 0 Å². The number of amides is 1. The maximum atomic E-state index is 11.9. The van der Waals surface area contributed by atoms with Gasteiger partial charge in [0, 0.05) is 28.9 Å². The lowest BCUT2D eigenvalue weighted by atomic mass is 10.3. The first-order valence-corrected chi connectivity index (χ1v) is 6.78. The van der Waals surface area contributed by atoms with Crippen molar-refractivity contribution in [1.82, 2.24) is 10.1 Å². The molecule has 5 heteroatoms. The topological polar surface area (TPSA) is 46.3 Å². The van der Waals surface area contributed by atoms with Gasteiger partial charge in [0.25, 0.3) is 0 Å². The van der Waals surface area contributed by atoms with Crippen molar-refractivity contribution in [3.05, 3.63) is 45.5 Å². The molecule has 0 spiro atoms. The van der Waals surface area contributed by atoms with E-state index < -0.39 is 0 Å². The Balaban J connectivity index is 1.94. The van der Waals surface area contributed by atoms with Crippen molar-refractivity contribution in [3.8, 4) is 0 Å². The van der Waals surface area contributed by atoms with Gasteiger partial charge in [0.15, 0.2) is 0 Å². The Kier molecular flexibility index (Phi) is 4.16. The lowest BCUT2D eigenvalue weighted by Crippen LogP contribution is -2.24. The van der Waals surface area contributed by atoms with Gasteiger partial charge in [-0.05, 0) is 32.1 Å². The molecule has 4 nitrogen and oxygen atoms in total. The van der Waals surface area contributed by atoms with Crippen LogP contribution in [0.15, 0.2) is 28.8 Å². The summed E-state index contributed by atoms with van der Waals surface area (Å²) in [5, 5.41) is 3.87. The number of thiophene rings is 1. The van der Waals surface area contributed by atoms with Crippen LogP contribution in [0.5, 0.6) is 0 Å². The number of hydrogen-bond acceptors (Lipinski definition) is 4. The summed E-state index contributed by atoms with van der Waals surface area (Å²) in [4.78, 5) is 15.8. The van der Waals surface area contributed by atoms with E-state index in [4.69, 9.17) is 4.52 Å². The molecule has 0 bridgehead atoms. The van der Waals surface area contributed by atoms with Crippen molar-refractivity contribution >= 4 is 23.3 Å². The third-order valence-corrected chi connectivity index (χ3v) is 3.57. The van der Waals surface area contributed by atoms with Crippen LogP contribution < -0.4 is 0 Å². The Labute approximate surface area is 116 Å². The average Bonchev–Trinajstić information content (AvgIpc) is 2.95. The molecular formula is C14H16N2O2S. The highest BCUT2D eigenvalue weighted by atomic mass is 32.1. The van der Waals surface area contributed by atoms with E-state index in [1.807, 2.05) is 38.1 Å². The molecule has 2 aromatic rings. The third kappa shape index (κ3) is 3.79. The molecule has 0 aromatic carbocycles. The molecule has 0 radical (unpaired) electrons. The van der Waals surface area contributed by atoms with Gasteiger partial charge in [-0.3, -0.25) is 4.79 Å². The number of carbonyl (C=O) groups is 1. The normalized spacial score (nSPS) is 11.1. The summed E-state index contributed by atoms with van der Waals surface area (Å²) in [5.74, 6) is 0.701. The predicted molar refractivity (Wildman–Crippen MR) is 75.8 cm³/mol. The van der Waals surface area contributed by atoms with E-state index in [9.17, 15) is 4.79 Å². The minimum absolute atomic E-state index is 0.0493. The molecule has 0 unspecified atom stereocenters. The van der Waals surface area contributed by atoms with Gasteiger partial charge < -0.3 is 9.42 Å². The van der Waals surface area contributed by atoms with Gasteiger partial charge in [-0.25, -0.2) is 0 Å². The first-order valence-electron chi connectivity index (χ1n) is 5.96. The molecule has 0 saturated carbocycles. The quantitative estimate of drug-likeness (QED) is 0.806. The zero-order valence-corrected chi connectivity index (χ0v) is 12.0. The Morgan fingerprint density at radius 1 is 1.47 bits per heavy atom. The van der Waals surface area contributed by atoms with E-state index in [1.165, 1.54) is 4.88 Å². The molecule has 100 valence electrons. The van der Waals surface area contributed by atoms with Crippen LogP contribution in [0, 0.1) is 13.8 Å². The smallest absolute Gasteiger partial charge is 0.246 e. The fourth-order valence-electron chi connectivity index (χ4n) is 1.64. The number of aromatic nitrogens is 1. The molecule has 0 aliphatic carbocycles. The average molecular weight is 276 g/mol. The molecule has 0 aliphatic rings. The molecule has 0 saturated heterocycles. The number of hydrogen-bond donors (Lipinski definition) is 0. The zero-order valence-electron chi connectivity index (χ0n) is 11.2. The number of rotatable bonds is 4. The highest BCUT2D eigenvalue weighted by Crippen LogP contribution is 2.16. The lowest BCUT2D eigenvalue weighted by molar-refractivity contribution is -0.125. The van der Waals surface area contributed by atoms with E-state index in [2.05, 4.69) is 5.16 Å². The maximum Gasteiger partial charge on any atom is 0.246 e. The molecule has 2 aromatic heterocycles. The minimum Gasteiger partial charge on any atom is -0.361 e.